The standard InChI is InChI=1S/C15H12N2O3/c1-17-12-3-2-4-14(18)10(12)7-13(17)11-6-5-9(8-16-11)15(19)20/h2-8,18H,1H3,(H,19,20). The van der Waals surface area contributed by atoms with Crippen LogP contribution >= 0.6 is 0 Å². The molecule has 0 aliphatic rings. The molecule has 0 saturated heterocycles. The van der Waals surface area contributed by atoms with Gasteiger partial charge in [0, 0.05) is 18.6 Å². The minimum atomic E-state index is -1.00. The summed E-state index contributed by atoms with van der Waals surface area (Å²) in [5.74, 6) is -0.787. The third-order valence-corrected chi connectivity index (χ3v) is 3.34. The summed E-state index contributed by atoms with van der Waals surface area (Å²) < 4.78 is 1.91. The SMILES string of the molecule is Cn1c(-c2ccc(C(=O)O)cn2)cc2c(O)cccc21. The molecule has 0 aliphatic carbocycles. The van der Waals surface area contributed by atoms with E-state index in [4.69, 9.17) is 5.11 Å². The largest absolute Gasteiger partial charge is 0.507 e. The maximum atomic E-state index is 10.8. The summed E-state index contributed by atoms with van der Waals surface area (Å²) in [5.41, 5.74) is 2.52. The third kappa shape index (κ3) is 1.80. The molecule has 3 aromatic rings. The highest BCUT2D eigenvalue weighted by molar-refractivity contribution is 5.91. The minimum absolute atomic E-state index is 0.148. The zero-order valence-corrected chi connectivity index (χ0v) is 10.7. The quantitative estimate of drug-likeness (QED) is 0.749. The lowest BCUT2D eigenvalue weighted by molar-refractivity contribution is 0.0696. The molecular weight excluding hydrogens is 256 g/mol. The van der Waals surface area contributed by atoms with Crippen molar-refractivity contribution in [3.05, 3.63) is 48.2 Å². The van der Waals surface area contributed by atoms with E-state index in [1.54, 1.807) is 18.2 Å². The number of aromatic nitrogens is 2. The van der Waals surface area contributed by atoms with Crippen LogP contribution in [0.1, 0.15) is 10.4 Å². The van der Waals surface area contributed by atoms with Gasteiger partial charge in [-0.25, -0.2) is 4.79 Å². The number of rotatable bonds is 2. The van der Waals surface area contributed by atoms with Crippen LogP contribution in [0.25, 0.3) is 22.3 Å². The Bertz CT molecular complexity index is 804. The lowest BCUT2D eigenvalue weighted by Gasteiger charge is -2.04. The van der Waals surface area contributed by atoms with Crippen molar-refractivity contribution >= 4 is 16.9 Å². The summed E-state index contributed by atoms with van der Waals surface area (Å²) >= 11 is 0. The smallest absolute Gasteiger partial charge is 0.337 e. The van der Waals surface area contributed by atoms with Crippen molar-refractivity contribution in [2.24, 2.45) is 7.05 Å². The second-order valence-electron chi connectivity index (χ2n) is 4.54. The summed E-state index contributed by atoms with van der Waals surface area (Å²) in [7, 11) is 1.88. The Kier molecular flexibility index (Phi) is 2.68. The van der Waals surface area contributed by atoms with Crippen molar-refractivity contribution in [2.45, 2.75) is 0 Å². The van der Waals surface area contributed by atoms with Crippen molar-refractivity contribution in [3.63, 3.8) is 0 Å². The monoisotopic (exact) mass is 268 g/mol. The van der Waals surface area contributed by atoms with Gasteiger partial charge < -0.3 is 14.8 Å². The van der Waals surface area contributed by atoms with E-state index in [1.165, 1.54) is 12.3 Å². The maximum absolute atomic E-state index is 10.8. The highest BCUT2D eigenvalue weighted by atomic mass is 16.4. The molecule has 0 spiro atoms. The van der Waals surface area contributed by atoms with Crippen LogP contribution in [0.4, 0.5) is 0 Å². The minimum Gasteiger partial charge on any atom is -0.507 e. The first-order valence-electron chi connectivity index (χ1n) is 6.05. The van der Waals surface area contributed by atoms with Crippen LogP contribution in [-0.2, 0) is 7.05 Å². The number of pyridine rings is 1. The summed E-state index contributed by atoms with van der Waals surface area (Å²) in [6.45, 7) is 0. The van der Waals surface area contributed by atoms with Crippen LogP contribution in [0, 0.1) is 0 Å². The van der Waals surface area contributed by atoms with E-state index in [0.29, 0.717) is 5.69 Å². The molecule has 0 bridgehead atoms. The van der Waals surface area contributed by atoms with E-state index < -0.39 is 5.97 Å². The fourth-order valence-electron chi connectivity index (χ4n) is 2.26. The molecule has 2 N–H and O–H groups in total. The number of nitrogens with zero attached hydrogens (tertiary/aromatic N) is 2. The Morgan fingerprint density at radius 2 is 2.05 bits per heavy atom. The molecule has 0 unspecified atom stereocenters. The summed E-state index contributed by atoms with van der Waals surface area (Å²) in [5, 5.41) is 19.5. The number of fused-ring (bicyclic) bond motifs is 1. The molecule has 1 aromatic carbocycles. The van der Waals surface area contributed by atoms with Gasteiger partial charge >= 0.3 is 5.97 Å². The number of hydrogen-bond donors (Lipinski definition) is 2. The topological polar surface area (TPSA) is 75.4 Å². The average Bonchev–Trinajstić information content (AvgIpc) is 2.78. The number of carbonyl (C=O) groups is 1. The van der Waals surface area contributed by atoms with Gasteiger partial charge in [-0.15, -0.1) is 0 Å². The van der Waals surface area contributed by atoms with Crippen LogP contribution in [0.5, 0.6) is 5.75 Å². The Balaban J connectivity index is 2.17. The number of hydrogen-bond acceptors (Lipinski definition) is 3. The summed E-state index contributed by atoms with van der Waals surface area (Å²) in [6, 6.07) is 10.3. The van der Waals surface area contributed by atoms with Crippen LogP contribution < -0.4 is 0 Å². The Labute approximate surface area is 114 Å². The molecule has 5 heteroatoms. The Morgan fingerprint density at radius 1 is 1.25 bits per heavy atom. The average molecular weight is 268 g/mol. The molecular formula is C15H12N2O3. The third-order valence-electron chi connectivity index (χ3n) is 3.34. The van der Waals surface area contributed by atoms with Crippen molar-refractivity contribution in [1.82, 2.24) is 9.55 Å². The number of carboxylic acid groups (broad SMARTS) is 1. The van der Waals surface area contributed by atoms with Crippen LogP contribution in [0.2, 0.25) is 0 Å². The molecule has 0 amide bonds. The van der Waals surface area contributed by atoms with Crippen molar-refractivity contribution < 1.29 is 15.0 Å². The van der Waals surface area contributed by atoms with Gasteiger partial charge in [0.25, 0.3) is 0 Å². The predicted molar refractivity (Wildman–Crippen MR) is 74.8 cm³/mol. The highest BCUT2D eigenvalue weighted by Gasteiger charge is 2.12. The molecule has 100 valence electrons. The Hall–Kier alpha value is -2.82. The number of phenols is 1. The number of aryl methyl sites for hydroxylation is 1. The van der Waals surface area contributed by atoms with Crippen LogP contribution in [-0.4, -0.2) is 25.7 Å². The molecule has 0 aliphatic heterocycles. The van der Waals surface area contributed by atoms with Crippen LogP contribution in [0.15, 0.2) is 42.6 Å². The van der Waals surface area contributed by atoms with Gasteiger partial charge in [0.15, 0.2) is 0 Å². The van der Waals surface area contributed by atoms with Gasteiger partial charge in [-0.3, -0.25) is 4.98 Å². The first-order chi connectivity index (χ1) is 9.58. The van der Waals surface area contributed by atoms with E-state index in [2.05, 4.69) is 4.98 Å². The normalized spacial score (nSPS) is 10.8. The van der Waals surface area contributed by atoms with E-state index in [1.807, 2.05) is 23.7 Å². The fourth-order valence-corrected chi connectivity index (χ4v) is 2.26. The predicted octanol–water partition coefficient (Wildman–Crippen LogP) is 2.64. The lowest BCUT2D eigenvalue weighted by atomic mass is 10.2. The molecule has 3 rings (SSSR count). The molecule has 5 nitrogen and oxygen atoms in total. The molecule has 0 radical (unpaired) electrons. The molecule has 2 heterocycles. The second-order valence-corrected chi connectivity index (χ2v) is 4.54. The number of aromatic carboxylic acids is 1. The second kappa shape index (κ2) is 4.38. The maximum Gasteiger partial charge on any atom is 0.337 e. The zero-order chi connectivity index (χ0) is 14.3. The zero-order valence-electron chi connectivity index (χ0n) is 10.7. The van der Waals surface area contributed by atoms with E-state index in [-0.39, 0.29) is 11.3 Å². The Morgan fingerprint density at radius 3 is 2.65 bits per heavy atom. The summed E-state index contributed by atoms with van der Waals surface area (Å²) in [6.07, 6.45) is 1.33. The van der Waals surface area contributed by atoms with Crippen molar-refractivity contribution in [3.8, 4) is 17.1 Å². The molecule has 0 saturated carbocycles. The van der Waals surface area contributed by atoms with Gasteiger partial charge in [0.2, 0.25) is 0 Å². The van der Waals surface area contributed by atoms with Gasteiger partial charge in [0.05, 0.1) is 22.5 Å². The molecule has 0 atom stereocenters. The fraction of sp³-hybridized carbons (Fsp3) is 0.0667. The first-order valence-corrected chi connectivity index (χ1v) is 6.05. The lowest BCUT2D eigenvalue weighted by Crippen LogP contribution is -1.98. The van der Waals surface area contributed by atoms with Crippen LogP contribution in [0.3, 0.4) is 0 Å². The van der Waals surface area contributed by atoms with Crippen molar-refractivity contribution in [2.75, 3.05) is 0 Å². The molecule has 0 fully saturated rings. The summed E-state index contributed by atoms with van der Waals surface area (Å²) in [4.78, 5) is 15.0. The van der Waals surface area contributed by atoms with Gasteiger partial charge in [-0.1, -0.05) is 6.07 Å². The number of benzene rings is 1. The highest BCUT2D eigenvalue weighted by Crippen LogP contribution is 2.31. The van der Waals surface area contributed by atoms with E-state index in [9.17, 15) is 9.90 Å². The van der Waals surface area contributed by atoms with Gasteiger partial charge in [-0.2, -0.15) is 0 Å². The van der Waals surface area contributed by atoms with E-state index >= 15 is 0 Å². The van der Waals surface area contributed by atoms with Gasteiger partial charge in [0.1, 0.15) is 5.75 Å². The van der Waals surface area contributed by atoms with Gasteiger partial charge in [-0.05, 0) is 30.3 Å². The number of aromatic hydroxyl groups is 1. The van der Waals surface area contributed by atoms with Crippen molar-refractivity contribution in [1.29, 1.82) is 0 Å². The number of phenolic OH excluding ortho intramolecular Hbond substituents is 1. The molecule has 2 aromatic heterocycles. The molecule has 20 heavy (non-hydrogen) atoms. The van der Waals surface area contributed by atoms with E-state index in [0.717, 1.165) is 16.6 Å². The first kappa shape index (κ1) is 12.2. The number of carboxylic acids is 1.